The third-order valence-electron chi connectivity index (χ3n) is 0. The van der Waals surface area contributed by atoms with Crippen molar-refractivity contribution in [2.45, 2.75) is 0 Å². The van der Waals surface area contributed by atoms with E-state index in [1.54, 1.807) is 0 Å². The van der Waals surface area contributed by atoms with Crippen molar-refractivity contribution in [3.05, 3.63) is 0 Å². The van der Waals surface area contributed by atoms with Gasteiger partial charge >= 0.3 is 41.7 Å². The van der Waals surface area contributed by atoms with E-state index in [4.69, 9.17) is 0 Å². The Bertz CT molecular complexity index is 6.85. The van der Waals surface area contributed by atoms with Gasteiger partial charge in [-0.05, 0) is 0 Å². The fraction of sp³-hybridized carbons (Fsp3) is 0. The van der Waals surface area contributed by atoms with Crippen LogP contribution < -0.4 is 37.2 Å². The summed E-state index contributed by atoms with van der Waals surface area (Å²) in [5.74, 6) is 0. The van der Waals surface area contributed by atoms with Gasteiger partial charge in [0.05, 0.1) is 0 Å². The molecule has 0 aromatic heterocycles. The molecule has 2 radical (unpaired) electrons. The maximum atomic E-state index is 0. The molecule has 0 aliphatic heterocycles. The summed E-state index contributed by atoms with van der Waals surface area (Å²) in [4.78, 5) is 0. The number of hydrogen-bond acceptors (Lipinski definition) is 0. The van der Waals surface area contributed by atoms with Crippen molar-refractivity contribution < 1.29 is 115 Å². The molecule has 0 unspecified atom stereocenters. The van der Waals surface area contributed by atoms with Gasteiger partial charge in [-0.3, -0.25) is 0 Å². The van der Waals surface area contributed by atoms with Crippen LogP contribution in [-0.2, 0) is 0 Å². The average Bonchev–Trinajstić information content (AvgIpc) is 0. The van der Waals surface area contributed by atoms with Crippen molar-refractivity contribution >= 4 is 0 Å². The van der Waals surface area contributed by atoms with Gasteiger partial charge in [-0.25, -0.2) is 0 Å². The topological polar surface area (TPSA) is 0 Å². The quantitative estimate of drug-likeness (QED) is 0.389. The summed E-state index contributed by atoms with van der Waals surface area (Å²) in [5.41, 5.74) is 0. The van der Waals surface area contributed by atoms with Crippen LogP contribution in [0.25, 0.3) is 0 Å². The smallest absolute Gasteiger partial charge is 1.00 e. The summed E-state index contributed by atoms with van der Waals surface area (Å²) in [6.45, 7) is 0. The van der Waals surface area contributed by atoms with Gasteiger partial charge in [0.2, 0.25) is 0 Å². The van der Waals surface area contributed by atoms with E-state index in [1.165, 1.54) is 0 Å². The minimum Gasteiger partial charge on any atom is -1.00 e. The van der Waals surface area contributed by atoms with E-state index in [9.17, 15) is 0 Å². The Balaban J connectivity index is 0. The summed E-state index contributed by atoms with van der Waals surface area (Å²) in [6.07, 6.45) is 0. The molecule has 0 saturated heterocycles. The van der Waals surface area contributed by atoms with E-state index >= 15 is 0 Å². The Labute approximate surface area is 112 Å². The summed E-state index contributed by atoms with van der Waals surface area (Å²) in [6, 6.07) is 0. The van der Waals surface area contributed by atoms with E-state index in [0.717, 1.165) is 0 Å². The van der Waals surface area contributed by atoms with Gasteiger partial charge < -0.3 is 37.2 Å². The van der Waals surface area contributed by atoms with Crippen LogP contribution in [0.5, 0.6) is 0 Å². The molecule has 0 nitrogen and oxygen atoms in total. The molecule has 0 aliphatic carbocycles. The molecule has 0 saturated carbocycles. The van der Waals surface area contributed by atoms with Crippen molar-refractivity contribution in [3.63, 3.8) is 0 Å². The van der Waals surface area contributed by atoms with Crippen LogP contribution in [0.1, 0.15) is 0 Å². The van der Waals surface area contributed by atoms with E-state index in [1.807, 2.05) is 0 Å². The van der Waals surface area contributed by atoms with Crippen LogP contribution in [-0.4, -0.2) is 0 Å². The van der Waals surface area contributed by atoms with E-state index in [0.29, 0.717) is 0 Å². The third kappa shape index (κ3) is 18.6. The molecule has 0 amide bonds. The van der Waals surface area contributed by atoms with Crippen molar-refractivity contribution in [2.75, 3.05) is 0 Å². The molecule has 0 bridgehead atoms. The fourth-order valence-electron chi connectivity index (χ4n) is 0. The molecule has 28 valence electrons. The molecule has 0 N–H and O–H groups in total. The molecular weight excluding hydrogens is 385 g/mol. The Hall–Kier alpha value is 3.44. The zero-order chi connectivity index (χ0) is 0. The molecule has 0 spiro atoms. The first-order valence-corrected chi connectivity index (χ1v) is 0. The normalized spacial score (nSPS) is 0. The van der Waals surface area contributed by atoms with Crippen molar-refractivity contribution in [3.8, 4) is 0 Å². The van der Waals surface area contributed by atoms with Crippen molar-refractivity contribution in [2.24, 2.45) is 0 Å². The summed E-state index contributed by atoms with van der Waals surface area (Å²) >= 11 is 0. The van der Waals surface area contributed by atoms with Gasteiger partial charge in [0, 0.05) is 35.6 Å². The van der Waals surface area contributed by atoms with Crippen molar-refractivity contribution in [1.82, 2.24) is 0 Å². The third-order valence-corrected chi connectivity index (χ3v) is 0. The number of halogens is 3. The maximum Gasteiger partial charge on any atom is 3.00 e. The number of hydrogen-bond donors (Lipinski definition) is 0. The molecule has 5 heteroatoms. The van der Waals surface area contributed by atoms with Gasteiger partial charge in [0.1, 0.15) is 0 Å². The van der Waals surface area contributed by atoms with Crippen LogP contribution in [0.15, 0.2) is 0 Å². The van der Waals surface area contributed by atoms with Gasteiger partial charge in [0.25, 0.3) is 0 Å². The first-order valence-electron chi connectivity index (χ1n) is 0. The van der Waals surface area contributed by atoms with Crippen LogP contribution in [0.2, 0.25) is 0 Å². The second-order valence-corrected chi connectivity index (χ2v) is 0. The fourth-order valence-corrected chi connectivity index (χ4v) is 0. The Morgan fingerprint density at radius 1 is 0.600 bits per heavy atom. The second-order valence-electron chi connectivity index (χ2n) is 0. The second kappa shape index (κ2) is 26.1. The molecule has 0 fully saturated rings. The molecule has 0 rings (SSSR count). The summed E-state index contributed by atoms with van der Waals surface area (Å²) in [5, 5.41) is 0. The van der Waals surface area contributed by atoms with Crippen LogP contribution in [0, 0.1) is 77.3 Å². The zero-order valence-electron chi connectivity index (χ0n) is 2.21. The zero-order valence-corrected chi connectivity index (χ0v) is 11.2. The first-order chi connectivity index (χ1) is 0. The molecule has 5 heavy (non-hydrogen) atoms. The minimum absolute atomic E-state index is 0. The van der Waals surface area contributed by atoms with Crippen LogP contribution in [0.3, 0.4) is 0 Å². The largest absolute Gasteiger partial charge is 3.00 e. The van der Waals surface area contributed by atoms with Crippen LogP contribution >= 0.6 is 0 Å². The summed E-state index contributed by atoms with van der Waals surface area (Å²) in [7, 11) is 0. The molecule has 0 aliphatic rings. The SMILES string of the molecule is [Ce+3].[Cl-].[Cl-].[Cl-].[La]. The average molecular weight is 385 g/mol. The molecular formula is CeCl3La. The Kier molecular flexibility index (Phi) is 206. The molecule has 0 heterocycles. The van der Waals surface area contributed by atoms with Gasteiger partial charge in [-0.1, -0.05) is 0 Å². The maximum absolute atomic E-state index is 0. The van der Waals surface area contributed by atoms with E-state index < -0.39 is 0 Å². The van der Waals surface area contributed by atoms with Gasteiger partial charge in [-0.15, -0.1) is 0 Å². The van der Waals surface area contributed by atoms with Crippen LogP contribution in [0.4, 0.5) is 0 Å². The van der Waals surface area contributed by atoms with Gasteiger partial charge in [0.15, 0.2) is 0 Å². The van der Waals surface area contributed by atoms with Crippen molar-refractivity contribution in [1.29, 1.82) is 0 Å². The minimum atomic E-state index is 0. The predicted molar refractivity (Wildman–Crippen MR) is 0 cm³/mol. The number of rotatable bonds is 0. The predicted octanol–water partition coefficient (Wildman–Crippen LogP) is -8.99. The Morgan fingerprint density at radius 2 is 0.600 bits per heavy atom. The van der Waals surface area contributed by atoms with Gasteiger partial charge in [-0.2, -0.15) is 0 Å². The standard InChI is InChI=1S/Ce.3ClH.La/h;3*1H;/q+3;;;;/p-3. The Morgan fingerprint density at radius 3 is 0.600 bits per heavy atom. The first kappa shape index (κ1) is 39.5. The summed E-state index contributed by atoms with van der Waals surface area (Å²) < 4.78 is 0. The molecule has 0 aromatic rings. The molecule has 0 aromatic carbocycles. The van der Waals surface area contributed by atoms with E-state index in [2.05, 4.69) is 0 Å². The monoisotopic (exact) mass is 384 g/mol. The van der Waals surface area contributed by atoms with E-state index in [-0.39, 0.29) is 115 Å². The molecule has 0 atom stereocenters.